The number of hydrogen-bond donors (Lipinski definition) is 3. The average Bonchev–Trinajstić information content (AvgIpc) is 2.58. The Morgan fingerprint density at radius 2 is 1.69 bits per heavy atom. The van der Waals surface area contributed by atoms with Gasteiger partial charge in [0.25, 0.3) is 0 Å². The van der Waals surface area contributed by atoms with Crippen molar-refractivity contribution in [2.45, 2.75) is 18.6 Å². The van der Waals surface area contributed by atoms with Gasteiger partial charge in [-0.2, -0.15) is 0 Å². The van der Waals surface area contributed by atoms with Gasteiger partial charge in [-0.05, 0) is 24.1 Å². The van der Waals surface area contributed by atoms with Crippen molar-refractivity contribution in [3.05, 3.63) is 29.8 Å². The van der Waals surface area contributed by atoms with Crippen molar-refractivity contribution in [3.63, 3.8) is 0 Å². The Morgan fingerprint density at radius 3 is 2.25 bits per heavy atom. The molecule has 2 atom stereocenters. The average molecular weight is 222 g/mol. The maximum atomic E-state index is 9.39. The van der Waals surface area contributed by atoms with E-state index in [1.165, 1.54) is 5.56 Å². The highest BCUT2D eigenvalue weighted by Gasteiger charge is 2.28. The molecule has 4 heteroatoms. The lowest BCUT2D eigenvalue weighted by atomic mass is 10.1. The highest BCUT2D eigenvalue weighted by molar-refractivity contribution is 5.39. The minimum absolute atomic E-state index is 0.566. The van der Waals surface area contributed by atoms with Gasteiger partial charge in [0.15, 0.2) is 0 Å². The fraction of sp³-hybridized carbons (Fsp3) is 0.500. The van der Waals surface area contributed by atoms with Crippen LogP contribution in [0.3, 0.4) is 0 Å². The predicted molar refractivity (Wildman–Crippen MR) is 63.0 cm³/mol. The number of nitrogens with two attached hydrogens (primary N) is 1. The van der Waals surface area contributed by atoms with Gasteiger partial charge in [0.2, 0.25) is 0 Å². The second-order valence-electron chi connectivity index (χ2n) is 4.39. The highest BCUT2D eigenvalue weighted by Crippen LogP contribution is 2.12. The quantitative estimate of drug-likeness (QED) is 0.622. The van der Waals surface area contributed by atoms with Crippen molar-refractivity contribution in [2.75, 3.05) is 25.4 Å². The van der Waals surface area contributed by atoms with E-state index in [4.69, 9.17) is 5.73 Å². The molecule has 1 aliphatic heterocycles. The van der Waals surface area contributed by atoms with Crippen LogP contribution >= 0.6 is 0 Å². The zero-order valence-electron chi connectivity index (χ0n) is 9.21. The van der Waals surface area contributed by atoms with E-state index < -0.39 is 12.2 Å². The third-order valence-corrected chi connectivity index (χ3v) is 3.03. The van der Waals surface area contributed by atoms with Crippen LogP contribution in [0.1, 0.15) is 5.56 Å². The zero-order valence-corrected chi connectivity index (χ0v) is 9.21. The molecule has 1 fully saturated rings. The molecule has 2 rings (SSSR count). The summed E-state index contributed by atoms with van der Waals surface area (Å²) in [6.45, 7) is 1.99. The fourth-order valence-electron chi connectivity index (χ4n) is 2.00. The van der Waals surface area contributed by atoms with Crippen LogP contribution < -0.4 is 5.73 Å². The summed E-state index contributed by atoms with van der Waals surface area (Å²) in [4.78, 5) is 2.08. The normalized spacial score (nSPS) is 26.1. The van der Waals surface area contributed by atoms with Crippen LogP contribution in [-0.4, -0.2) is 47.0 Å². The standard InChI is InChI=1S/C12H18N2O2/c13-10-3-1-9(2-4-10)5-6-14-7-11(15)12(16)8-14/h1-4,11-12,15-16H,5-8,13H2. The first-order valence-corrected chi connectivity index (χ1v) is 5.58. The smallest absolute Gasteiger partial charge is 0.0938 e. The van der Waals surface area contributed by atoms with Crippen LogP contribution in [0, 0.1) is 0 Å². The molecule has 0 saturated carbocycles. The van der Waals surface area contributed by atoms with E-state index in [9.17, 15) is 10.2 Å². The Labute approximate surface area is 95.3 Å². The molecule has 0 radical (unpaired) electrons. The molecule has 1 heterocycles. The molecule has 1 saturated heterocycles. The molecule has 0 bridgehead atoms. The lowest BCUT2D eigenvalue weighted by Crippen LogP contribution is -2.24. The number of aliphatic hydroxyl groups is 2. The molecule has 4 nitrogen and oxygen atoms in total. The van der Waals surface area contributed by atoms with Gasteiger partial charge in [0, 0.05) is 25.3 Å². The van der Waals surface area contributed by atoms with Gasteiger partial charge in [0.1, 0.15) is 0 Å². The van der Waals surface area contributed by atoms with Gasteiger partial charge in [-0.15, -0.1) is 0 Å². The molecule has 16 heavy (non-hydrogen) atoms. The summed E-state index contributed by atoms with van der Waals surface area (Å²) in [6.07, 6.45) is -0.266. The Morgan fingerprint density at radius 1 is 1.12 bits per heavy atom. The third kappa shape index (κ3) is 2.72. The van der Waals surface area contributed by atoms with Crippen molar-refractivity contribution in [1.82, 2.24) is 4.90 Å². The molecule has 0 aromatic heterocycles. The Kier molecular flexibility index (Phi) is 3.43. The topological polar surface area (TPSA) is 69.7 Å². The summed E-state index contributed by atoms with van der Waals surface area (Å²) in [5, 5.41) is 18.8. The number of nitrogens with zero attached hydrogens (tertiary/aromatic N) is 1. The van der Waals surface area contributed by atoms with Crippen LogP contribution in [0.25, 0.3) is 0 Å². The Hall–Kier alpha value is -1.10. The minimum Gasteiger partial charge on any atom is -0.399 e. The number of benzene rings is 1. The van der Waals surface area contributed by atoms with E-state index in [-0.39, 0.29) is 0 Å². The van der Waals surface area contributed by atoms with Crippen molar-refractivity contribution in [3.8, 4) is 0 Å². The van der Waals surface area contributed by atoms with E-state index in [2.05, 4.69) is 4.90 Å². The molecule has 0 spiro atoms. The highest BCUT2D eigenvalue weighted by atomic mass is 16.3. The SMILES string of the molecule is Nc1ccc(CCN2CC(O)C(O)C2)cc1. The van der Waals surface area contributed by atoms with Crippen molar-refractivity contribution in [2.24, 2.45) is 0 Å². The first-order valence-electron chi connectivity index (χ1n) is 5.58. The molecule has 88 valence electrons. The second-order valence-corrected chi connectivity index (χ2v) is 4.39. The fourth-order valence-corrected chi connectivity index (χ4v) is 2.00. The van der Waals surface area contributed by atoms with Crippen LogP contribution in [0.15, 0.2) is 24.3 Å². The van der Waals surface area contributed by atoms with Crippen molar-refractivity contribution >= 4 is 5.69 Å². The van der Waals surface area contributed by atoms with Crippen molar-refractivity contribution < 1.29 is 10.2 Å². The lowest BCUT2D eigenvalue weighted by molar-refractivity contribution is 0.0572. The largest absolute Gasteiger partial charge is 0.399 e. The first-order chi connectivity index (χ1) is 7.65. The molecule has 1 aromatic carbocycles. The number of rotatable bonds is 3. The van der Waals surface area contributed by atoms with E-state index in [0.717, 1.165) is 18.7 Å². The summed E-state index contributed by atoms with van der Waals surface area (Å²) < 4.78 is 0. The molecule has 0 amide bonds. The van der Waals surface area contributed by atoms with Gasteiger partial charge in [-0.1, -0.05) is 12.1 Å². The zero-order chi connectivity index (χ0) is 11.5. The first kappa shape index (κ1) is 11.4. The Bertz CT molecular complexity index is 329. The van der Waals surface area contributed by atoms with Crippen LogP contribution in [0.2, 0.25) is 0 Å². The summed E-state index contributed by atoms with van der Waals surface area (Å²) in [5.74, 6) is 0. The van der Waals surface area contributed by atoms with Crippen LogP contribution in [-0.2, 0) is 6.42 Å². The van der Waals surface area contributed by atoms with Crippen molar-refractivity contribution in [1.29, 1.82) is 0 Å². The monoisotopic (exact) mass is 222 g/mol. The van der Waals surface area contributed by atoms with Crippen LogP contribution in [0.4, 0.5) is 5.69 Å². The number of nitrogen functional groups attached to an aromatic ring is 1. The maximum absolute atomic E-state index is 9.39. The minimum atomic E-state index is -0.591. The van der Waals surface area contributed by atoms with E-state index >= 15 is 0 Å². The molecular weight excluding hydrogens is 204 g/mol. The van der Waals surface area contributed by atoms with Gasteiger partial charge in [-0.25, -0.2) is 0 Å². The molecule has 1 aliphatic rings. The predicted octanol–water partition coefficient (Wildman–Crippen LogP) is -0.151. The van der Waals surface area contributed by atoms with Crippen LogP contribution in [0.5, 0.6) is 0 Å². The third-order valence-electron chi connectivity index (χ3n) is 3.03. The molecule has 4 N–H and O–H groups in total. The van der Waals surface area contributed by atoms with Gasteiger partial charge < -0.3 is 15.9 Å². The van der Waals surface area contributed by atoms with E-state index in [1.807, 2.05) is 24.3 Å². The summed E-state index contributed by atoms with van der Waals surface area (Å²) in [7, 11) is 0. The molecule has 0 aliphatic carbocycles. The molecular formula is C12H18N2O2. The molecule has 2 unspecified atom stereocenters. The summed E-state index contributed by atoms with van der Waals surface area (Å²) in [6, 6.07) is 7.81. The number of anilines is 1. The Balaban J connectivity index is 1.82. The maximum Gasteiger partial charge on any atom is 0.0938 e. The second kappa shape index (κ2) is 4.82. The van der Waals surface area contributed by atoms with Gasteiger partial charge in [-0.3, -0.25) is 4.90 Å². The number of likely N-dealkylation sites (tertiary alicyclic amines) is 1. The van der Waals surface area contributed by atoms with Gasteiger partial charge in [0.05, 0.1) is 12.2 Å². The lowest BCUT2D eigenvalue weighted by Gasteiger charge is -2.14. The summed E-state index contributed by atoms with van der Waals surface area (Å²) >= 11 is 0. The number of aliphatic hydroxyl groups excluding tert-OH is 2. The number of β-amino-alcohol motifs (C(OH)–C–C–N with tert-alkyl or cyclic N) is 2. The van der Waals surface area contributed by atoms with Gasteiger partial charge >= 0.3 is 0 Å². The van der Waals surface area contributed by atoms with E-state index in [1.54, 1.807) is 0 Å². The summed E-state index contributed by atoms with van der Waals surface area (Å²) in [5.41, 5.74) is 7.61. The molecule has 1 aromatic rings. The van der Waals surface area contributed by atoms with E-state index in [0.29, 0.717) is 13.1 Å². The number of hydrogen-bond acceptors (Lipinski definition) is 4.